The minimum Gasteiger partial charge on any atom is -0.466 e. The molecule has 3 nitrogen and oxygen atoms in total. The van der Waals surface area contributed by atoms with Crippen molar-refractivity contribution in [1.29, 1.82) is 0 Å². The quantitative estimate of drug-likeness (QED) is 0.923. The Morgan fingerprint density at radius 1 is 1.64 bits per heavy atom. The molecule has 78 valence electrons. The molecule has 2 N–H and O–H groups in total. The fraction of sp³-hybridized carbons (Fsp3) is 0.667. The van der Waals surface area contributed by atoms with Gasteiger partial charge in [0.15, 0.2) is 0 Å². The Morgan fingerprint density at radius 3 is 3.14 bits per heavy atom. The Bertz CT molecular complexity index is 305. The van der Waals surface area contributed by atoms with E-state index in [1.54, 1.807) is 0 Å². The molecule has 1 aromatic rings. The molecule has 1 fully saturated rings. The average molecular weight is 277 g/mol. The van der Waals surface area contributed by atoms with E-state index in [2.05, 4.69) is 20.9 Å². The van der Waals surface area contributed by atoms with Gasteiger partial charge in [-0.2, -0.15) is 4.98 Å². The van der Waals surface area contributed by atoms with Gasteiger partial charge in [-0.25, -0.2) is 0 Å². The molecule has 0 radical (unpaired) electrons. The summed E-state index contributed by atoms with van der Waals surface area (Å²) in [7, 11) is 0. The second-order valence-electron chi connectivity index (χ2n) is 3.52. The summed E-state index contributed by atoms with van der Waals surface area (Å²) >= 11 is 4.84. The lowest BCUT2D eigenvalue weighted by Gasteiger charge is -2.17. The molecule has 14 heavy (non-hydrogen) atoms. The maximum absolute atomic E-state index is 5.80. The van der Waals surface area contributed by atoms with Crippen molar-refractivity contribution in [3.05, 3.63) is 9.98 Å². The molecular formula is C9H13BrN2OS. The fourth-order valence-electron chi connectivity index (χ4n) is 1.85. The van der Waals surface area contributed by atoms with E-state index >= 15 is 0 Å². The number of hydrogen-bond acceptors (Lipinski definition) is 4. The molecule has 2 rings (SSSR count). The number of thiazole rings is 1. The molecule has 1 aliphatic carbocycles. The molecule has 1 heterocycles. The largest absolute Gasteiger partial charge is 0.466 e. The number of nitrogens with zero attached hydrogens (tertiary/aromatic N) is 1. The zero-order valence-electron chi connectivity index (χ0n) is 7.78. The third kappa shape index (κ3) is 2.27. The highest BCUT2D eigenvalue weighted by Gasteiger charge is 2.28. The van der Waals surface area contributed by atoms with Crippen molar-refractivity contribution in [2.75, 3.05) is 6.54 Å². The van der Waals surface area contributed by atoms with Crippen LogP contribution in [0.25, 0.3) is 0 Å². The van der Waals surface area contributed by atoms with E-state index in [1.807, 2.05) is 5.38 Å². The van der Waals surface area contributed by atoms with Gasteiger partial charge >= 0.3 is 0 Å². The predicted octanol–water partition coefficient (Wildman–Crippen LogP) is 2.41. The van der Waals surface area contributed by atoms with Crippen molar-refractivity contribution >= 4 is 27.3 Å². The lowest BCUT2D eigenvalue weighted by atomic mass is 10.1. The van der Waals surface area contributed by atoms with Gasteiger partial charge in [0.25, 0.3) is 5.19 Å². The van der Waals surface area contributed by atoms with Crippen molar-refractivity contribution in [2.45, 2.75) is 25.4 Å². The van der Waals surface area contributed by atoms with Gasteiger partial charge in [0.05, 0.1) is 0 Å². The Balaban J connectivity index is 1.96. The standard InChI is InChI=1S/C9H13BrN2OS/c10-8-5-14-9(12-8)13-7-3-1-2-6(7)4-11/h5-7H,1-4,11H2. The highest BCUT2D eigenvalue weighted by molar-refractivity contribution is 9.10. The maximum atomic E-state index is 5.80. The van der Waals surface area contributed by atoms with Crippen LogP contribution in [0.1, 0.15) is 19.3 Å². The van der Waals surface area contributed by atoms with Crippen molar-refractivity contribution in [3.63, 3.8) is 0 Å². The lowest BCUT2D eigenvalue weighted by molar-refractivity contribution is 0.161. The number of ether oxygens (including phenoxy) is 1. The molecular weight excluding hydrogens is 264 g/mol. The summed E-state index contributed by atoms with van der Waals surface area (Å²) in [5.74, 6) is 0.512. The first-order valence-corrected chi connectivity index (χ1v) is 6.44. The summed E-state index contributed by atoms with van der Waals surface area (Å²) in [5, 5.41) is 2.68. The summed E-state index contributed by atoms with van der Waals surface area (Å²) < 4.78 is 6.64. The highest BCUT2D eigenvalue weighted by atomic mass is 79.9. The molecule has 1 aliphatic rings. The van der Waals surface area contributed by atoms with Crippen LogP contribution in [0.4, 0.5) is 0 Å². The second kappa shape index (κ2) is 4.59. The Labute approximate surface area is 95.8 Å². The van der Waals surface area contributed by atoms with Gasteiger partial charge in [-0.15, -0.1) is 0 Å². The van der Waals surface area contributed by atoms with E-state index in [-0.39, 0.29) is 6.10 Å². The zero-order valence-corrected chi connectivity index (χ0v) is 10.2. The van der Waals surface area contributed by atoms with E-state index < -0.39 is 0 Å². The molecule has 0 aliphatic heterocycles. The SMILES string of the molecule is NCC1CCCC1Oc1nc(Br)cs1. The van der Waals surface area contributed by atoms with Crippen LogP contribution < -0.4 is 10.5 Å². The van der Waals surface area contributed by atoms with Crippen LogP contribution in [0.3, 0.4) is 0 Å². The second-order valence-corrected chi connectivity index (χ2v) is 5.15. The monoisotopic (exact) mass is 276 g/mol. The Morgan fingerprint density at radius 2 is 2.50 bits per heavy atom. The average Bonchev–Trinajstić information content (AvgIpc) is 2.76. The first-order valence-electron chi connectivity index (χ1n) is 4.77. The predicted molar refractivity (Wildman–Crippen MR) is 60.6 cm³/mol. The third-order valence-electron chi connectivity index (χ3n) is 2.60. The highest BCUT2D eigenvalue weighted by Crippen LogP contribution is 2.31. The molecule has 0 bridgehead atoms. The van der Waals surface area contributed by atoms with Crippen LogP contribution in [0.15, 0.2) is 9.98 Å². The van der Waals surface area contributed by atoms with Crippen molar-refractivity contribution in [3.8, 4) is 5.19 Å². The molecule has 1 saturated carbocycles. The van der Waals surface area contributed by atoms with Gasteiger partial charge in [0, 0.05) is 11.3 Å². The number of nitrogens with two attached hydrogens (primary N) is 1. The van der Waals surface area contributed by atoms with Crippen LogP contribution in [0.2, 0.25) is 0 Å². The Hall–Kier alpha value is -0.130. The minimum atomic E-state index is 0.276. The first kappa shape index (κ1) is 10.4. The molecule has 0 amide bonds. The topological polar surface area (TPSA) is 48.1 Å². The van der Waals surface area contributed by atoms with Crippen LogP contribution >= 0.6 is 27.3 Å². The van der Waals surface area contributed by atoms with Gasteiger partial charge in [-0.1, -0.05) is 11.3 Å². The van der Waals surface area contributed by atoms with Gasteiger partial charge in [0.2, 0.25) is 0 Å². The molecule has 0 saturated heterocycles. The fourth-order valence-corrected chi connectivity index (χ4v) is 2.99. The third-order valence-corrected chi connectivity index (χ3v) is 4.04. The maximum Gasteiger partial charge on any atom is 0.274 e. The molecule has 0 spiro atoms. The summed E-state index contributed by atoms with van der Waals surface area (Å²) in [6, 6.07) is 0. The molecule has 5 heteroatoms. The van der Waals surface area contributed by atoms with Crippen molar-refractivity contribution in [2.24, 2.45) is 11.7 Å². The van der Waals surface area contributed by atoms with Gasteiger partial charge < -0.3 is 10.5 Å². The number of hydrogen-bond donors (Lipinski definition) is 1. The smallest absolute Gasteiger partial charge is 0.274 e. The van der Waals surface area contributed by atoms with Crippen LogP contribution in [0, 0.1) is 5.92 Å². The van der Waals surface area contributed by atoms with Crippen molar-refractivity contribution in [1.82, 2.24) is 4.98 Å². The zero-order chi connectivity index (χ0) is 9.97. The van der Waals surface area contributed by atoms with Crippen LogP contribution in [-0.2, 0) is 0 Å². The lowest BCUT2D eigenvalue weighted by Crippen LogP contribution is -2.27. The molecule has 2 atom stereocenters. The van der Waals surface area contributed by atoms with E-state index in [9.17, 15) is 0 Å². The summed E-state index contributed by atoms with van der Waals surface area (Å²) in [6.07, 6.45) is 3.80. The van der Waals surface area contributed by atoms with E-state index in [0.29, 0.717) is 5.92 Å². The van der Waals surface area contributed by atoms with Gasteiger partial charge in [0.1, 0.15) is 10.7 Å². The Kier molecular flexibility index (Phi) is 3.41. The van der Waals surface area contributed by atoms with Crippen molar-refractivity contribution < 1.29 is 4.74 Å². The molecule has 0 aromatic carbocycles. The normalized spacial score (nSPS) is 26.7. The number of aromatic nitrogens is 1. The van der Waals surface area contributed by atoms with E-state index in [1.165, 1.54) is 24.2 Å². The number of rotatable bonds is 3. The van der Waals surface area contributed by atoms with Crippen LogP contribution in [-0.4, -0.2) is 17.6 Å². The minimum absolute atomic E-state index is 0.276. The number of halogens is 1. The summed E-state index contributed by atoms with van der Waals surface area (Å²) in [6.45, 7) is 0.719. The molecule has 1 aromatic heterocycles. The summed E-state index contributed by atoms with van der Waals surface area (Å²) in [4.78, 5) is 4.22. The van der Waals surface area contributed by atoms with Gasteiger partial charge in [-0.05, 0) is 41.7 Å². The molecule has 2 unspecified atom stereocenters. The van der Waals surface area contributed by atoms with E-state index in [0.717, 1.165) is 22.8 Å². The summed E-state index contributed by atoms with van der Waals surface area (Å²) in [5.41, 5.74) is 5.68. The van der Waals surface area contributed by atoms with Gasteiger partial charge in [-0.3, -0.25) is 0 Å². The van der Waals surface area contributed by atoms with E-state index in [4.69, 9.17) is 10.5 Å². The van der Waals surface area contributed by atoms with Crippen LogP contribution in [0.5, 0.6) is 5.19 Å². The first-order chi connectivity index (χ1) is 6.79.